The highest BCUT2D eigenvalue weighted by Gasteiger charge is 2.10. The van der Waals surface area contributed by atoms with Crippen molar-refractivity contribution in [2.24, 2.45) is 5.73 Å². The molecule has 1 heterocycles. The summed E-state index contributed by atoms with van der Waals surface area (Å²) in [5, 5.41) is 3.09. The lowest BCUT2D eigenvalue weighted by atomic mass is 10.1. The highest BCUT2D eigenvalue weighted by atomic mass is 16.5. The Balaban J connectivity index is 2.22. The third-order valence-electron chi connectivity index (χ3n) is 3.01. The number of amides is 1. The number of nitrogens with two attached hydrogens (primary N) is 1. The minimum Gasteiger partial charge on any atom is -0.497 e. The molecule has 1 amide bonds. The van der Waals surface area contributed by atoms with Gasteiger partial charge in [0, 0.05) is 18.3 Å². The summed E-state index contributed by atoms with van der Waals surface area (Å²) in [6.45, 7) is 0.428. The second-order valence-corrected chi connectivity index (χ2v) is 4.30. The van der Waals surface area contributed by atoms with Crippen LogP contribution in [0.25, 0.3) is 0 Å². The van der Waals surface area contributed by atoms with Crippen LogP contribution >= 0.6 is 0 Å². The second kappa shape index (κ2) is 6.60. The number of benzene rings is 1. The molecule has 2 aromatic rings. The van der Waals surface area contributed by atoms with Crippen molar-refractivity contribution in [1.82, 2.24) is 4.98 Å². The number of hydrogen-bond donors (Lipinski definition) is 2. The van der Waals surface area contributed by atoms with Gasteiger partial charge in [-0.1, -0.05) is 0 Å². The largest absolute Gasteiger partial charge is 0.497 e. The molecule has 0 saturated carbocycles. The number of anilines is 1. The zero-order valence-electron chi connectivity index (χ0n) is 11.9. The maximum Gasteiger partial charge on any atom is 0.252 e. The monoisotopic (exact) mass is 287 g/mol. The first-order valence-electron chi connectivity index (χ1n) is 6.35. The second-order valence-electron chi connectivity index (χ2n) is 4.30. The number of nitrogens with zero attached hydrogens (tertiary/aromatic N) is 1. The number of ether oxygens (including phenoxy) is 2. The van der Waals surface area contributed by atoms with Crippen LogP contribution < -0.4 is 20.5 Å². The predicted molar refractivity (Wildman–Crippen MR) is 79.6 cm³/mol. The molecule has 1 aromatic heterocycles. The Labute approximate surface area is 122 Å². The Hall–Kier alpha value is -2.76. The average molecular weight is 287 g/mol. The van der Waals surface area contributed by atoms with E-state index in [1.54, 1.807) is 32.5 Å². The van der Waals surface area contributed by atoms with Crippen molar-refractivity contribution in [3.8, 4) is 11.5 Å². The van der Waals surface area contributed by atoms with Crippen molar-refractivity contribution in [2.45, 2.75) is 6.54 Å². The van der Waals surface area contributed by atoms with E-state index in [1.807, 2.05) is 18.2 Å². The molecule has 6 nitrogen and oxygen atoms in total. The molecule has 0 aliphatic rings. The first-order chi connectivity index (χ1) is 10.2. The molecule has 1 aromatic carbocycles. The van der Waals surface area contributed by atoms with E-state index in [-0.39, 0.29) is 0 Å². The maximum atomic E-state index is 11.4. The number of nitrogens with one attached hydrogen (secondary N) is 1. The fourth-order valence-corrected chi connectivity index (χ4v) is 1.94. The van der Waals surface area contributed by atoms with E-state index in [2.05, 4.69) is 10.3 Å². The van der Waals surface area contributed by atoms with Crippen LogP contribution in [0.4, 0.5) is 5.82 Å². The lowest BCUT2D eigenvalue weighted by Gasteiger charge is -2.13. The Morgan fingerprint density at radius 2 is 2.10 bits per heavy atom. The van der Waals surface area contributed by atoms with Crippen LogP contribution in [0, 0.1) is 0 Å². The quantitative estimate of drug-likeness (QED) is 0.846. The molecule has 21 heavy (non-hydrogen) atoms. The van der Waals surface area contributed by atoms with Crippen molar-refractivity contribution < 1.29 is 14.3 Å². The Kier molecular flexibility index (Phi) is 4.61. The van der Waals surface area contributed by atoms with Gasteiger partial charge < -0.3 is 20.5 Å². The molecule has 0 spiro atoms. The van der Waals surface area contributed by atoms with Crippen LogP contribution in [-0.2, 0) is 6.54 Å². The zero-order chi connectivity index (χ0) is 15.2. The van der Waals surface area contributed by atoms with Crippen LogP contribution in [-0.4, -0.2) is 25.1 Å². The number of aromatic nitrogens is 1. The number of methoxy groups -OCH3 is 2. The van der Waals surface area contributed by atoms with Crippen molar-refractivity contribution in [3.63, 3.8) is 0 Å². The van der Waals surface area contributed by atoms with Crippen molar-refractivity contribution in [3.05, 3.63) is 47.7 Å². The summed E-state index contributed by atoms with van der Waals surface area (Å²) in [6.07, 6.45) is 1.59. The van der Waals surface area contributed by atoms with Gasteiger partial charge in [0.25, 0.3) is 5.91 Å². The molecule has 0 atom stereocenters. The average Bonchev–Trinajstić information content (AvgIpc) is 2.52. The van der Waals surface area contributed by atoms with Gasteiger partial charge in [-0.15, -0.1) is 0 Å². The number of primary amides is 1. The first kappa shape index (κ1) is 14.6. The number of carbonyl (C=O) groups excluding carboxylic acids is 1. The molecular weight excluding hydrogens is 270 g/mol. The molecular formula is C15H17N3O3. The molecule has 0 saturated heterocycles. The Morgan fingerprint density at radius 3 is 2.76 bits per heavy atom. The van der Waals surface area contributed by atoms with Gasteiger partial charge in [0.05, 0.1) is 19.8 Å². The van der Waals surface area contributed by atoms with Gasteiger partial charge in [-0.3, -0.25) is 4.79 Å². The molecule has 0 unspecified atom stereocenters. The fraction of sp³-hybridized carbons (Fsp3) is 0.200. The molecule has 2 rings (SSSR count). The normalized spacial score (nSPS) is 10.0. The number of carbonyl (C=O) groups is 1. The molecule has 0 radical (unpaired) electrons. The summed E-state index contributed by atoms with van der Waals surface area (Å²) in [5.74, 6) is 1.36. The first-order valence-corrected chi connectivity index (χ1v) is 6.35. The fourth-order valence-electron chi connectivity index (χ4n) is 1.94. The summed E-state index contributed by atoms with van der Waals surface area (Å²) in [7, 11) is 3.20. The third kappa shape index (κ3) is 3.42. The van der Waals surface area contributed by atoms with Crippen LogP contribution in [0.5, 0.6) is 11.5 Å². The van der Waals surface area contributed by atoms with Gasteiger partial charge in [-0.25, -0.2) is 4.98 Å². The minimum absolute atomic E-state index is 0.347. The van der Waals surface area contributed by atoms with E-state index >= 15 is 0 Å². The number of pyridine rings is 1. The molecule has 0 aliphatic carbocycles. The van der Waals surface area contributed by atoms with Crippen molar-refractivity contribution >= 4 is 11.7 Å². The molecule has 0 aliphatic heterocycles. The minimum atomic E-state index is -0.525. The summed E-state index contributed by atoms with van der Waals surface area (Å²) >= 11 is 0. The standard InChI is InChI=1S/C15H17N3O3/c1-20-11-5-6-13(21-2)10(8-11)9-18-15-12(14(16)19)4-3-7-17-15/h3-8H,9H2,1-2H3,(H2,16,19)(H,17,18). The van der Waals surface area contributed by atoms with E-state index in [1.165, 1.54) is 0 Å². The van der Waals surface area contributed by atoms with E-state index < -0.39 is 5.91 Å². The molecule has 0 fully saturated rings. The SMILES string of the molecule is COc1ccc(OC)c(CNc2ncccc2C(N)=O)c1. The van der Waals surface area contributed by atoms with E-state index in [0.29, 0.717) is 17.9 Å². The zero-order valence-corrected chi connectivity index (χ0v) is 11.9. The third-order valence-corrected chi connectivity index (χ3v) is 3.01. The lowest BCUT2D eigenvalue weighted by molar-refractivity contribution is 0.100. The van der Waals surface area contributed by atoms with Gasteiger partial charge in [-0.05, 0) is 30.3 Å². The van der Waals surface area contributed by atoms with Crippen molar-refractivity contribution in [1.29, 1.82) is 0 Å². The summed E-state index contributed by atoms with van der Waals surface area (Å²) < 4.78 is 10.5. The van der Waals surface area contributed by atoms with Gasteiger partial charge in [0.2, 0.25) is 0 Å². The molecule has 110 valence electrons. The Morgan fingerprint density at radius 1 is 1.29 bits per heavy atom. The van der Waals surface area contributed by atoms with Crippen LogP contribution in [0.3, 0.4) is 0 Å². The highest BCUT2D eigenvalue weighted by Crippen LogP contribution is 2.25. The topological polar surface area (TPSA) is 86.5 Å². The Bertz CT molecular complexity index is 644. The predicted octanol–water partition coefficient (Wildman–Crippen LogP) is 1.81. The van der Waals surface area contributed by atoms with Crippen LogP contribution in [0.2, 0.25) is 0 Å². The van der Waals surface area contributed by atoms with E-state index in [0.717, 1.165) is 17.1 Å². The van der Waals surface area contributed by atoms with Gasteiger partial charge >= 0.3 is 0 Å². The van der Waals surface area contributed by atoms with Gasteiger partial charge in [-0.2, -0.15) is 0 Å². The smallest absolute Gasteiger partial charge is 0.252 e. The number of rotatable bonds is 6. The highest BCUT2D eigenvalue weighted by molar-refractivity contribution is 5.97. The van der Waals surface area contributed by atoms with Gasteiger partial charge in [0.1, 0.15) is 17.3 Å². The summed E-state index contributed by atoms with van der Waals surface area (Å²) in [6, 6.07) is 8.79. The molecule has 6 heteroatoms. The van der Waals surface area contributed by atoms with E-state index in [4.69, 9.17) is 15.2 Å². The molecule has 0 bridgehead atoms. The molecule has 3 N–H and O–H groups in total. The maximum absolute atomic E-state index is 11.4. The summed E-state index contributed by atoms with van der Waals surface area (Å²) in [5.41, 5.74) is 6.56. The van der Waals surface area contributed by atoms with Crippen LogP contribution in [0.1, 0.15) is 15.9 Å². The van der Waals surface area contributed by atoms with Crippen molar-refractivity contribution in [2.75, 3.05) is 19.5 Å². The summed E-state index contributed by atoms with van der Waals surface area (Å²) in [4.78, 5) is 15.5. The lowest BCUT2D eigenvalue weighted by Crippen LogP contribution is -2.15. The number of hydrogen-bond acceptors (Lipinski definition) is 5. The van der Waals surface area contributed by atoms with Gasteiger partial charge in [0.15, 0.2) is 0 Å². The van der Waals surface area contributed by atoms with E-state index in [9.17, 15) is 4.79 Å². The van der Waals surface area contributed by atoms with Crippen LogP contribution in [0.15, 0.2) is 36.5 Å².